The van der Waals surface area contributed by atoms with E-state index in [4.69, 9.17) is 16.3 Å². The first-order chi connectivity index (χ1) is 15.8. The third kappa shape index (κ3) is 3.99. The largest absolute Gasteiger partial charge is 0.479 e. The Morgan fingerprint density at radius 3 is 2.32 bits per heavy atom. The third-order valence-corrected chi connectivity index (χ3v) is 6.64. The van der Waals surface area contributed by atoms with Gasteiger partial charge < -0.3 is 19.3 Å². The molecule has 1 N–H and O–H groups in total. The molecule has 3 aromatic rings. The van der Waals surface area contributed by atoms with Gasteiger partial charge in [-0.3, -0.25) is 4.79 Å². The van der Waals surface area contributed by atoms with Gasteiger partial charge in [-0.05, 0) is 76.4 Å². The Labute approximate surface area is 205 Å². The predicted octanol–water partition coefficient (Wildman–Crippen LogP) is 6.27. The lowest BCUT2D eigenvalue weighted by Crippen LogP contribution is -2.43. The summed E-state index contributed by atoms with van der Waals surface area (Å²) in [6.45, 7) is 13.7. The summed E-state index contributed by atoms with van der Waals surface area (Å²) in [6, 6.07) is 9.42. The van der Waals surface area contributed by atoms with Crippen LogP contribution >= 0.6 is 11.6 Å². The van der Waals surface area contributed by atoms with Gasteiger partial charge in [-0.1, -0.05) is 23.7 Å². The number of rotatable bonds is 4. The number of halogens is 1. The van der Waals surface area contributed by atoms with Crippen molar-refractivity contribution >= 4 is 40.1 Å². The number of anilines is 1. The topological polar surface area (TPSA) is 71.8 Å². The Hall–Kier alpha value is -2.83. The van der Waals surface area contributed by atoms with Crippen molar-refractivity contribution in [1.29, 1.82) is 0 Å². The number of aromatic nitrogens is 1. The van der Waals surface area contributed by atoms with E-state index in [0.29, 0.717) is 17.1 Å². The van der Waals surface area contributed by atoms with Crippen LogP contribution in [0.2, 0.25) is 5.02 Å². The quantitative estimate of drug-likeness (QED) is 0.475. The number of carboxylic acid groups (broad SMARTS) is 1. The monoisotopic (exact) mass is 482 g/mol. The fraction of sp³-hybridized carbons (Fsp3) is 0.407. The molecule has 180 valence electrons. The normalized spacial score (nSPS) is 16.7. The summed E-state index contributed by atoms with van der Waals surface area (Å²) in [6.07, 6.45) is -1.22. The lowest BCUT2D eigenvalue weighted by atomic mass is 9.86. The molecular weight excluding hydrogens is 452 g/mol. The summed E-state index contributed by atoms with van der Waals surface area (Å²) in [7, 11) is 0. The molecule has 1 aliphatic rings. The van der Waals surface area contributed by atoms with Gasteiger partial charge >= 0.3 is 5.97 Å². The zero-order valence-corrected chi connectivity index (χ0v) is 21.4. The van der Waals surface area contributed by atoms with Crippen molar-refractivity contribution in [2.24, 2.45) is 0 Å². The van der Waals surface area contributed by atoms with Crippen LogP contribution in [0.4, 0.5) is 5.69 Å². The smallest absolute Gasteiger partial charge is 0.337 e. The Balaban J connectivity index is 2.20. The van der Waals surface area contributed by atoms with Crippen molar-refractivity contribution in [1.82, 2.24) is 4.57 Å². The van der Waals surface area contributed by atoms with Crippen LogP contribution in [0.15, 0.2) is 30.3 Å². The maximum absolute atomic E-state index is 12.8. The van der Waals surface area contributed by atoms with Gasteiger partial charge in [0.2, 0.25) is 5.91 Å². The molecule has 0 spiro atoms. The van der Waals surface area contributed by atoms with Gasteiger partial charge in [-0.25, -0.2) is 4.79 Å². The van der Waals surface area contributed by atoms with Gasteiger partial charge in [0.25, 0.3) is 0 Å². The zero-order chi connectivity index (χ0) is 25.1. The number of hydrogen-bond acceptors (Lipinski definition) is 3. The second-order valence-electron chi connectivity index (χ2n) is 10.1. The number of hydrogen-bond donors (Lipinski definition) is 1. The number of carbonyl (C=O) groups is 2. The van der Waals surface area contributed by atoms with Crippen molar-refractivity contribution in [2.45, 2.75) is 72.8 Å². The van der Waals surface area contributed by atoms with E-state index in [-0.39, 0.29) is 11.9 Å². The molecule has 0 bridgehead atoms. The first-order valence-electron chi connectivity index (χ1n) is 11.4. The molecule has 7 heteroatoms. The highest BCUT2D eigenvalue weighted by molar-refractivity contribution is 6.30. The van der Waals surface area contributed by atoms with E-state index >= 15 is 0 Å². The summed E-state index contributed by atoms with van der Waals surface area (Å²) in [5.74, 6) is -1.15. The minimum absolute atomic E-state index is 0.0703. The number of nitrogens with zero attached hydrogens (tertiary/aromatic N) is 2. The maximum Gasteiger partial charge on any atom is 0.337 e. The molecule has 1 amide bonds. The van der Waals surface area contributed by atoms with E-state index in [1.807, 2.05) is 53.7 Å². The molecule has 0 fully saturated rings. The van der Waals surface area contributed by atoms with Crippen LogP contribution in [0, 0.1) is 13.8 Å². The third-order valence-electron chi connectivity index (χ3n) is 6.38. The van der Waals surface area contributed by atoms with Gasteiger partial charge in [0.1, 0.15) is 0 Å². The summed E-state index contributed by atoms with van der Waals surface area (Å²) in [4.78, 5) is 27.2. The molecule has 2 heterocycles. The number of benzene rings is 2. The first-order valence-corrected chi connectivity index (χ1v) is 11.8. The Bertz CT molecular complexity index is 1300. The fourth-order valence-corrected chi connectivity index (χ4v) is 5.29. The van der Waals surface area contributed by atoms with Gasteiger partial charge in [-0.15, -0.1) is 0 Å². The van der Waals surface area contributed by atoms with Crippen LogP contribution in [0.3, 0.4) is 0 Å². The van der Waals surface area contributed by atoms with Crippen molar-refractivity contribution in [3.05, 3.63) is 52.2 Å². The van der Waals surface area contributed by atoms with E-state index in [1.165, 1.54) is 0 Å². The molecule has 1 aliphatic heterocycles. The molecule has 1 aromatic heterocycles. The molecule has 2 atom stereocenters. The highest BCUT2D eigenvalue weighted by Gasteiger charge is 2.38. The van der Waals surface area contributed by atoms with Crippen LogP contribution in [0.25, 0.3) is 22.0 Å². The average Bonchev–Trinajstić information content (AvgIpc) is 3.04. The minimum atomic E-state index is -1.22. The van der Waals surface area contributed by atoms with Crippen LogP contribution < -0.4 is 4.90 Å². The zero-order valence-electron chi connectivity index (χ0n) is 20.7. The molecule has 0 unspecified atom stereocenters. The highest BCUT2D eigenvalue weighted by atomic mass is 35.5. The van der Waals surface area contributed by atoms with Crippen LogP contribution in [0.1, 0.15) is 57.5 Å². The number of amides is 1. The Morgan fingerprint density at radius 2 is 1.79 bits per heavy atom. The second-order valence-corrected chi connectivity index (χ2v) is 10.6. The van der Waals surface area contributed by atoms with E-state index in [1.54, 1.807) is 24.0 Å². The standard InChI is InChI=1S/C27H31ClN2O4/c1-14-12-20-22(18-8-10-19(28)11-9-18)21(25(26(32)33)34-27(5,6)7)16(3)23-24(20)29(14)13-15(2)30(23)17(4)31/h8-12,15,25H,13H2,1-7H3,(H,32,33)/t15-,25+/m1/s1. The predicted molar refractivity (Wildman–Crippen MR) is 136 cm³/mol. The van der Waals surface area contributed by atoms with Crippen molar-refractivity contribution < 1.29 is 19.4 Å². The molecule has 0 saturated carbocycles. The molecule has 34 heavy (non-hydrogen) atoms. The minimum Gasteiger partial charge on any atom is -0.479 e. The lowest BCUT2D eigenvalue weighted by Gasteiger charge is -2.38. The summed E-state index contributed by atoms with van der Waals surface area (Å²) in [5, 5.41) is 11.8. The van der Waals surface area contributed by atoms with Gasteiger partial charge in [0, 0.05) is 35.1 Å². The number of carbonyl (C=O) groups excluding carboxylic acids is 1. The summed E-state index contributed by atoms with van der Waals surface area (Å²) < 4.78 is 8.37. The number of aliphatic carboxylic acids is 1. The molecule has 2 aromatic carbocycles. The Kier molecular flexibility index (Phi) is 6.03. The summed E-state index contributed by atoms with van der Waals surface area (Å²) in [5.41, 5.74) is 4.99. The molecule has 0 radical (unpaired) electrons. The molecule has 0 saturated heterocycles. The molecule has 0 aliphatic carbocycles. The van der Waals surface area contributed by atoms with Crippen molar-refractivity contribution in [2.75, 3.05) is 4.90 Å². The lowest BCUT2D eigenvalue weighted by molar-refractivity contribution is -0.160. The van der Waals surface area contributed by atoms with E-state index < -0.39 is 17.7 Å². The van der Waals surface area contributed by atoms with Crippen LogP contribution in [-0.4, -0.2) is 33.2 Å². The average molecular weight is 483 g/mol. The van der Waals surface area contributed by atoms with Crippen LogP contribution in [-0.2, 0) is 20.9 Å². The van der Waals surface area contributed by atoms with E-state index in [2.05, 4.69) is 10.6 Å². The number of ether oxygens (including phenoxy) is 1. The van der Waals surface area contributed by atoms with Gasteiger partial charge in [0.05, 0.1) is 22.8 Å². The first kappa shape index (κ1) is 24.3. The van der Waals surface area contributed by atoms with Gasteiger partial charge in [0.15, 0.2) is 6.10 Å². The molecule has 4 rings (SSSR count). The van der Waals surface area contributed by atoms with E-state index in [0.717, 1.165) is 39.0 Å². The van der Waals surface area contributed by atoms with Gasteiger partial charge in [-0.2, -0.15) is 0 Å². The second kappa shape index (κ2) is 8.43. The number of aryl methyl sites for hydroxylation is 1. The van der Waals surface area contributed by atoms with Crippen LogP contribution in [0.5, 0.6) is 0 Å². The fourth-order valence-electron chi connectivity index (χ4n) is 5.17. The van der Waals surface area contributed by atoms with Crippen molar-refractivity contribution in [3.8, 4) is 11.1 Å². The molecule has 6 nitrogen and oxygen atoms in total. The Morgan fingerprint density at radius 1 is 1.18 bits per heavy atom. The highest BCUT2D eigenvalue weighted by Crippen LogP contribution is 2.48. The maximum atomic E-state index is 12.8. The summed E-state index contributed by atoms with van der Waals surface area (Å²) >= 11 is 6.18. The molecular formula is C27H31ClN2O4. The number of carboxylic acids is 1. The SMILES string of the molecule is CC(=O)N1c2c(C)c([C@H](OC(C)(C)C)C(=O)O)c(-c3ccc(Cl)cc3)c3cc(C)n(c23)C[C@H]1C. The van der Waals surface area contributed by atoms with E-state index in [9.17, 15) is 14.7 Å². The van der Waals surface area contributed by atoms with Crippen molar-refractivity contribution in [3.63, 3.8) is 0 Å².